The van der Waals surface area contributed by atoms with Crippen molar-refractivity contribution in [1.82, 2.24) is 0 Å². The summed E-state index contributed by atoms with van der Waals surface area (Å²) >= 11 is 0. The molecule has 3 heteroatoms. The van der Waals surface area contributed by atoms with Crippen molar-refractivity contribution in [2.45, 2.75) is 84.3 Å². The van der Waals surface area contributed by atoms with E-state index in [1.54, 1.807) is 0 Å². The number of carboxylic acid groups (broad SMARTS) is 1. The molecular weight excluding hydrogens is 288 g/mol. The molecule has 1 aliphatic heterocycles. The van der Waals surface area contributed by atoms with Crippen LogP contribution in [0.2, 0.25) is 0 Å². The van der Waals surface area contributed by atoms with Gasteiger partial charge in [-0.2, -0.15) is 0 Å². The largest absolute Gasteiger partial charge is 0.481 e. The standard InChI is InChI=1S/C20H32O3/c1-14-7-5-8-15(2)11-12-16-13-18(23-20(16,3)4)17(19(21)22)10-6-9-14/h8-9,16-18H,5-7,10-13H2,1-4H3,(H,21,22)/b14-9-,15-8-/t16-,17+,18+/m1/s1. The van der Waals surface area contributed by atoms with Gasteiger partial charge in [0.05, 0.1) is 17.6 Å². The number of aliphatic carboxylic acids is 1. The second-order valence-electron chi connectivity index (χ2n) is 7.89. The van der Waals surface area contributed by atoms with E-state index < -0.39 is 5.97 Å². The van der Waals surface area contributed by atoms with Gasteiger partial charge in [0.25, 0.3) is 0 Å². The first kappa shape index (κ1) is 18.3. The van der Waals surface area contributed by atoms with Gasteiger partial charge in [0, 0.05) is 0 Å². The Morgan fingerprint density at radius 2 is 1.78 bits per heavy atom. The highest BCUT2D eigenvalue weighted by atomic mass is 16.5. The van der Waals surface area contributed by atoms with Crippen LogP contribution in [0.1, 0.15) is 72.6 Å². The van der Waals surface area contributed by atoms with Crippen molar-refractivity contribution in [1.29, 1.82) is 0 Å². The molecule has 3 nitrogen and oxygen atoms in total. The topological polar surface area (TPSA) is 46.5 Å². The van der Waals surface area contributed by atoms with E-state index >= 15 is 0 Å². The van der Waals surface area contributed by atoms with Gasteiger partial charge in [-0.25, -0.2) is 0 Å². The summed E-state index contributed by atoms with van der Waals surface area (Å²) in [6.07, 6.45) is 11.1. The first-order valence-electron chi connectivity index (χ1n) is 9.01. The summed E-state index contributed by atoms with van der Waals surface area (Å²) < 4.78 is 6.20. The van der Waals surface area contributed by atoms with Crippen molar-refractivity contribution in [3.8, 4) is 0 Å². The number of carboxylic acids is 1. The van der Waals surface area contributed by atoms with Crippen LogP contribution in [-0.2, 0) is 9.53 Å². The first-order valence-corrected chi connectivity index (χ1v) is 9.01. The Hall–Kier alpha value is -1.09. The minimum Gasteiger partial charge on any atom is -0.481 e. The van der Waals surface area contributed by atoms with Gasteiger partial charge in [0.2, 0.25) is 0 Å². The summed E-state index contributed by atoms with van der Waals surface area (Å²) in [6, 6.07) is 0. The lowest BCUT2D eigenvalue weighted by Gasteiger charge is -2.27. The van der Waals surface area contributed by atoms with Crippen molar-refractivity contribution in [3.63, 3.8) is 0 Å². The van der Waals surface area contributed by atoms with Crippen LogP contribution >= 0.6 is 0 Å². The minimum atomic E-state index is -0.708. The summed E-state index contributed by atoms with van der Waals surface area (Å²) in [7, 11) is 0. The van der Waals surface area contributed by atoms with Crippen molar-refractivity contribution in [2.75, 3.05) is 0 Å². The molecule has 2 bridgehead atoms. The van der Waals surface area contributed by atoms with Crippen LogP contribution in [0.3, 0.4) is 0 Å². The van der Waals surface area contributed by atoms with Gasteiger partial charge in [-0.3, -0.25) is 4.79 Å². The zero-order chi connectivity index (χ0) is 17.0. The Morgan fingerprint density at radius 3 is 2.48 bits per heavy atom. The molecule has 3 atom stereocenters. The number of allylic oxidation sites excluding steroid dienone is 4. The van der Waals surface area contributed by atoms with Gasteiger partial charge < -0.3 is 9.84 Å². The molecule has 23 heavy (non-hydrogen) atoms. The number of ether oxygens (including phenoxy) is 1. The van der Waals surface area contributed by atoms with Crippen LogP contribution in [0.15, 0.2) is 23.3 Å². The number of rotatable bonds is 1. The lowest BCUT2D eigenvalue weighted by molar-refractivity contribution is -0.149. The van der Waals surface area contributed by atoms with E-state index in [-0.39, 0.29) is 17.6 Å². The zero-order valence-electron chi connectivity index (χ0n) is 15.1. The average molecular weight is 320 g/mol. The molecule has 0 radical (unpaired) electrons. The van der Waals surface area contributed by atoms with E-state index in [9.17, 15) is 9.90 Å². The molecule has 0 spiro atoms. The van der Waals surface area contributed by atoms with Crippen molar-refractivity contribution in [2.24, 2.45) is 11.8 Å². The van der Waals surface area contributed by atoms with Crippen molar-refractivity contribution < 1.29 is 14.6 Å². The number of fused-ring (bicyclic) bond motifs is 2. The minimum absolute atomic E-state index is 0.145. The predicted molar refractivity (Wildman–Crippen MR) is 93.4 cm³/mol. The van der Waals surface area contributed by atoms with E-state index in [0.717, 1.165) is 38.5 Å². The van der Waals surface area contributed by atoms with Gasteiger partial charge in [-0.05, 0) is 78.6 Å². The predicted octanol–water partition coefficient (Wildman–Crippen LogP) is 5.12. The van der Waals surface area contributed by atoms with E-state index in [4.69, 9.17) is 4.74 Å². The van der Waals surface area contributed by atoms with Gasteiger partial charge in [0.15, 0.2) is 0 Å². The van der Waals surface area contributed by atoms with Crippen LogP contribution in [0, 0.1) is 11.8 Å². The third-order valence-electron chi connectivity index (χ3n) is 5.61. The molecule has 0 aromatic heterocycles. The average Bonchev–Trinajstić information content (AvgIpc) is 2.74. The SMILES string of the molecule is C/C1=C/CC[C@H](C(=O)O)[C@@H]2C[C@@H](CC/C(C)=C\CC1)C(C)(C)O2. The summed E-state index contributed by atoms with van der Waals surface area (Å²) in [6.45, 7) is 8.61. The second kappa shape index (κ2) is 7.65. The Kier molecular flexibility index (Phi) is 6.07. The normalized spacial score (nSPS) is 37.1. The van der Waals surface area contributed by atoms with Crippen LogP contribution < -0.4 is 0 Å². The van der Waals surface area contributed by atoms with Gasteiger partial charge in [0.1, 0.15) is 0 Å². The number of hydrogen-bond donors (Lipinski definition) is 1. The molecule has 0 unspecified atom stereocenters. The van der Waals surface area contributed by atoms with E-state index in [0.29, 0.717) is 12.3 Å². The van der Waals surface area contributed by atoms with Crippen LogP contribution in [0.5, 0.6) is 0 Å². The molecule has 1 heterocycles. The summed E-state index contributed by atoms with van der Waals surface area (Å²) in [5.74, 6) is -0.651. The Bertz CT molecular complexity index is 487. The van der Waals surface area contributed by atoms with Crippen LogP contribution in [0.25, 0.3) is 0 Å². The molecular formula is C20H32O3. The first-order chi connectivity index (χ1) is 10.8. The Balaban J connectivity index is 2.19. The summed E-state index contributed by atoms with van der Waals surface area (Å²) in [5.41, 5.74) is 2.59. The molecule has 0 amide bonds. The maximum absolute atomic E-state index is 11.7. The highest BCUT2D eigenvalue weighted by molar-refractivity contribution is 5.70. The van der Waals surface area contributed by atoms with E-state index in [1.165, 1.54) is 11.1 Å². The summed E-state index contributed by atoms with van der Waals surface area (Å²) in [5, 5.41) is 9.63. The molecule has 0 saturated carbocycles. The number of carbonyl (C=O) groups is 1. The molecule has 1 aliphatic carbocycles. The molecule has 2 aliphatic rings. The Labute approximate surface area is 140 Å². The molecule has 1 saturated heterocycles. The highest BCUT2D eigenvalue weighted by Gasteiger charge is 2.45. The fourth-order valence-electron chi connectivity index (χ4n) is 3.94. The lowest BCUT2D eigenvalue weighted by atomic mass is 9.82. The Morgan fingerprint density at radius 1 is 1.13 bits per heavy atom. The maximum Gasteiger partial charge on any atom is 0.309 e. The molecule has 0 aromatic rings. The fraction of sp³-hybridized carbons (Fsp3) is 0.750. The molecule has 2 rings (SSSR count). The van der Waals surface area contributed by atoms with E-state index in [1.807, 2.05) is 0 Å². The number of hydrogen-bond acceptors (Lipinski definition) is 2. The van der Waals surface area contributed by atoms with Crippen LogP contribution in [-0.4, -0.2) is 22.8 Å². The van der Waals surface area contributed by atoms with Crippen LogP contribution in [0.4, 0.5) is 0 Å². The third kappa shape index (κ3) is 4.94. The second-order valence-corrected chi connectivity index (χ2v) is 7.89. The van der Waals surface area contributed by atoms with Crippen molar-refractivity contribution in [3.05, 3.63) is 23.3 Å². The van der Waals surface area contributed by atoms with E-state index in [2.05, 4.69) is 39.8 Å². The smallest absolute Gasteiger partial charge is 0.309 e. The maximum atomic E-state index is 11.7. The lowest BCUT2D eigenvalue weighted by Crippen LogP contribution is -2.31. The van der Waals surface area contributed by atoms with Gasteiger partial charge >= 0.3 is 5.97 Å². The molecule has 1 fully saturated rings. The quantitative estimate of drug-likeness (QED) is 0.682. The molecule has 1 N–H and O–H groups in total. The molecule has 0 aromatic carbocycles. The third-order valence-corrected chi connectivity index (χ3v) is 5.61. The van der Waals surface area contributed by atoms with Gasteiger partial charge in [-0.15, -0.1) is 0 Å². The molecule has 130 valence electrons. The zero-order valence-corrected chi connectivity index (χ0v) is 15.1. The van der Waals surface area contributed by atoms with Gasteiger partial charge in [-0.1, -0.05) is 23.3 Å². The monoisotopic (exact) mass is 320 g/mol. The summed E-state index contributed by atoms with van der Waals surface area (Å²) in [4.78, 5) is 11.7. The highest BCUT2D eigenvalue weighted by Crippen LogP contribution is 2.42. The fourth-order valence-corrected chi connectivity index (χ4v) is 3.94. The van der Waals surface area contributed by atoms with Crippen molar-refractivity contribution >= 4 is 5.97 Å².